The van der Waals surface area contributed by atoms with E-state index in [1.54, 1.807) is 36.2 Å². The number of amides is 1. The molecule has 0 radical (unpaired) electrons. The van der Waals surface area contributed by atoms with E-state index in [4.69, 9.17) is 17.3 Å². The second-order valence-electron chi connectivity index (χ2n) is 4.71. The number of likely N-dealkylation sites (N-methyl/N-ethyl adjacent to an activating group) is 1. The first-order valence-corrected chi connectivity index (χ1v) is 6.87. The Morgan fingerprint density at radius 2 is 1.59 bits per heavy atom. The summed E-state index contributed by atoms with van der Waals surface area (Å²) in [5.41, 5.74) is 7.14. The lowest BCUT2D eigenvalue weighted by Crippen LogP contribution is -2.36. The van der Waals surface area contributed by atoms with Gasteiger partial charge in [0.05, 0.1) is 12.6 Å². The van der Waals surface area contributed by atoms with Crippen molar-refractivity contribution < 1.29 is 9.18 Å². The number of hydrogen-bond donors (Lipinski definition) is 1. The SMILES string of the molecule is CN(C(=O)CN)C(c1ccc(F)cc1)c1ccc(Cl)cc1.Cl. The van der Waals surface area contributed by atoms with Crippen molar-refractivity contribution in [1.29, 1.82) is 0 Å². The van der Waals surface area contributed by atoms with E-state index in [0.717, 1.165) is 11.1 Å². The molecule has 0 aliphatic heterocycles. The van der Waals surface area contributed by atoms with Gasteiger partial charge in [0.2, 0.25) is 5.91 Å². The molecule has 6 heteroatoms. The third kappa shape index (κ3) is 4.19. The Morgan fingerprint density at radius 1 is 1.14 bits per heavy atom. The summed E-state index contributed by atoms with van der Waals surface area (Å²) in [4.78, 5) is 13.5. The zero-order valence-electron chi connectivity index (χ0n) is 12.0. The summed E-state index contributed by atoms with van der Waals surface area (Å²) in [5, 5.41) is 0.615. The third-order valence-electron chi connectivity index (χ3n) is 3.33. The Balaban J connectivity index is 0.00000242. The van der Waals surface area contributed by atoms with Crippen LogP contribution in [0.3, 0.4) is 0 Å². The molecular formula is C16H17Cl2FN2O. The fraction of sp³-hybridized carbons (Fsp3) is 0.188. The highest BCUT2D eigenvalue weighted by Crippen LogP contribution is 2.28. The third-order valence-corrected chi connectivity index (χ3v) is 3.58. The van der Waals surface area contributed by atoms with Gasteiger partial charge in [-0.15, -0.1) is 12.4 Å². The lowest BCUT2D eigenvalue weighted by atomic mass is 9.97. The number of carbonyl (C=O) groups excluding carboxylic acids is 1. The van der Waals surface area contributed by atoms with Crippen LogP contribution in [0, 0.1) is 5.82 Å². The average molecular weight is 343 g/mol. The van der Waals surface area contributed by atoms with Crippen molar-refractivity contribution >= 4 is 29.9 Å². The molecule has 2 rings (SSSR count). The Hall–Kier alpha value is -1.62. The first kappa shape index (κ1) is 18.4. The van der Waals surface area contributed by atoms with Gasteiger partial charge in [0.25, 0.3) is 0 Å². The van der Waals surface area contributed by atoms with Crippen molar-refractivity contribution in [3.8, 4) is 0 Å². The molecule has 2 aromatic rings. The molecule has 118 valence electrons. The summed E-state index contributed by atoms with van der Waals surface area (Å²) in [7, 11) is 1.68. The van der Waals surface area contributed by atoms with Gasteiger partial charge in [0.15, 0.2) is 0 Å². The van der Waals surface area contributed by atoms with Gasteiger partial charge in [-0.2, -0.15) is 0 Å². The molecule has 3 nitrogen and oxygen atoms in total. The maximum absolute atomic E-state index is 13.1. The molecule has 0 saturated carbocycles. The van der Waals surface area contributed by atoms with E-state index in [-0.39, 0.29) is 36.7 Å². The molecule has 0 fully saturated rings. The highest BCUT2D eigenvalue weighted by molar-refractivity contribution is 6.30. The van der Waals surface area contributed by atoms with E-state index < -0.39 is 0 Å². The van der Waals surface area contributed by atoms with Gasteiger partial charge in [-0.25, -0.2) is 4.39 Å². The molecular weight excluding hydrogens is 326 g/mol. The number of carbonyl (C=O) groups is 1. The maximum atomic E-state index is 13.1. The minimum Gasteiger partial charge on any atom is -0.334 e. The van der Waals surface area contributed by atoms with Crippen LogP contribution in [0.1, 0.15) is 17.2 Å². The van der Waals surface area contributed by atoms with Crippen LogP contribution in [0.2, 0.25) is 5.02 Å². The number of halogens is 3. The van der Waals surface area contributed by atoms with Crippen LogP contribution < -0.4 is 5.73 Å². The summed E-state index contributed by atoms with van der Waals surface area (Å²) in [5.74, 6) is -0.513. The molecule has 2 N–H and O–H groups in total. The van der Waals surface area contributed by atoms with Crippen LogP contribution in [0.4, 0.5) is 4.39 Å². The van der Waals surface area contributed by atoms with Crippen LogP contribution in [0.15, 0.2) is 48.5 Å². The molecule has 0 saturated heterocycles. The van der Waals surface area contributed by atoms with Gasteiger partial charge in [-0.05, 0) is 35.4 Å². The van der Waals surface area contributed by atoms with Crippen molar-refractivity contribution in [2.75, 3.05) is 13.6 Å². The minimum atomic E-state index is -0.334. The second-order valence-corrected chi connectivity index (χ2v) is 5.15. The standard InChI is InChI=1S/C16H16ClFN2O.ClH/c1-20(15(21)10-19)16(11-2-6-13(17)7-3-11)12-4-8-14(18)9-5-12;/h2-9,16H,10,19H2,1H3;1H. The zero-order chi connectivity index (χ0) is 15.4. The van der Waals surface area contributed by atoms with Crippen molar-refractivity contribution in [3.05, 3.63) is 70.5 Å². The second kappa shape index (κ2) is 8.13. The number of rotatable bonds is 4. The topological polar surface area (TPSA) is 46.3 Å². The lowest BCUT2D eigenvalue weighted by Gasteiger charge is -2.29. The predicted octanol–water partition coefficient (Wildman–Crippen LogP) is 3.41. The Kier molecular flexibility index (Phi) is 6.81. The van der Waals surface area contributed by atoms with E-state index in [2.05, 4.69) is 0 Å². The molecule has 0 aliphatic carbocycles. The van der Waals surface area contributed by atoms with Crippen LogP contribution >= 0.6 is 24.0 Å². The van der Waals surface area contributed by atoms with E-state index in [0.29, 0.717) is 5.02 Å². The summed E-state index contributed by atoms with van der Waals surface area (Å²) in [6.45, 7) is -0.0816. The molecule has 1 atom stereocenters. The first-order chi connectivity index (χ1) is 10.0. The zero-order valence-corrected chi connectivity index (χ0v) is 13.6. The highest BCUT2D eigenvalue weighted by atomic mass is 35.5. The molecule has 1 unspecified atom stereocenters. The fourth-order valence-electron chi connectivity index (χ4n) is 2.22. The van der Waals surface area contributed by atoms with Gasteiger partial charge in [0, 0.05) is 12.1 Å². The smallest absolute Gasteiger partial charge is 0.236 e. The molecule has 22 heavy (non-hydrogen) atoms. The van der Waals surface area contributed by atoms with Crippen molar-refractivity contribution in [1.82, 2.24) is 4.90 Å². The van der Waals surface area contributed by atoms with Gasteiger partial charge in [0.1, 0.15) is 5.82 Å². The van der Waals surface area contributed by atoms with Gasteiger partial charge >= 0.3 is 0 Å². The van der Waals surface area contributed by atoms with E-state index in [1.807, 2.05) is 12.1 Å². The van der Waals surface area contributed by atoms with Crippen molar-refractivity contribution in [2.24, 2.45) is 5.73 Å². The Labute approximate surface area is 140 Å². The minimum absolute atomic E-state index is 0. The van der Waals surface area contributed by atoms with Crippen LogP contribution in [0.5, 0.6) is 0 Å². The summed E-state index contributed by atoms with van der Waals surface area (Å²) >= 11 is 5.90. The van der Waals surface area contributed by atoms with Gasteiger partial charge in [-0.1, -0.05) is 35.9 Å². The molecule has 0 aromatic heterocycles. The molecule has 0 aliphatic rings. The summed E-state index contributed by atoms with van der Waals surface area (Å²) in [6.07, 6.45) is 0. The monoisotopic (exact) mass is 342 g/mol. The summed E-state index contributed by atoms with van der Waals surface area (Å²) in [6, 6.07) is 12.9. The van der Waals surface area contributed by atoms with Gasteiger partial charge in [-0.3, -0.25) is 4.79 Å². The Bertz CT molecular complexity index is 572. The number of hydrogen-bond acceptors (Lipinski definition) is 2. The van der Waals surface area contributed by atoms with E-state index >= 15 is 0 Å². The molecule has 2 aromatic carbocycles. The maximum Gasteiger partial charge on any atom is 0.236 e. The van der Waals surface area contributed by atoms with Crippen molar-refractivity contribution in [2.45, 2.75) is 6.04 Å². The largest absolute Gasteiger partial charge is 0.334 e. The highest BCUT2D eigenvalue weighted by Gasteiger charge is 2.22. The quantitative estimate of drug-likeness (QED) is 0.925. The number of nitrogens with zero attached hydrogens (tertiary/aromatic N) is 1. The molecule has 1 amide bonds. The molecule has 0 bridgehead atoms. The average Bonchev–Trinajstić information content (AvgIpc) is 2.50. The van der Waals surface area contributed by atoms with E-state index in [9.17, 15) is 9.18 Å². The van der Waals surface area contributed by atoms with Crippen molar-refractivity contribution in [3.63, 3.8) is 0 Å². The Morgan fingerprint density at radius 3 is 2.05 bits per heavy atom. The first-order valence-electron chi connectivity index (χ1n) is 6.49. The molecule has 0 spiro atoms. The van der Waals surface area contributed by atoms with E-state index in [1.165, 1.54) is 12.1 Å². The van der Waals surface area contributed by atoms with Crippen LogP contribution in [-0.4, -0.2) is 24.4 Å². The normalized spacial score (nSPS) is 11.5. The molecule has 0 heterocycles. The number of nitrogens with two attached hydrogens (primary N) is 1. The van der Waals surface area contributed by atoms with Crippen LogP contribution in [0.25, 0.3) is 0 Å². The van der Waals surface area contributed by atoms with Gasteiger partial charge < -0.3 is 10.6 Å². The predicted molar refractivity (Wildman–Crippen MR) is 88.8 cm³/mol. The lowest BCUT2D eigenvalue weighted by molar-refractivity contribution is -0.129. The summed E-state index contributed by atoms with van der Waals surface area (Å²) < 4.78 is 13.1. The van der Waals surface area contributed by atoms with Crippen LogP contribution in [-0.2, 0) is 4.79 Å². The fourth-order valence-corrected chi connectivity index (χ4v) is 2.34. The number of benzene rings is 2.